The minimum atomic E-state index is -0.301. The molecule has 2 rings (SSSR count). The molecular formula is C18H19ClN2O3. The Balaban J connectivity index is 2.27. The van der Waals surface area contributed by atoms with Gasteiger partial charge in [0.1, 0.15) is 19.5 Å². The Morgan fingerprint density at radius 2 is 1.88 bits per heavy atom. The van der Waals surface area contributed by atoms with Crippen molar-refractivity contribution in [3.8, 4) is 5.75 Å². The number of para-hydroxylation sites is 1. The van der Waals surface area contributed by atoms with Crippen LogP contribution in [0.15, 0.2) is 53.7 Å². The van der Waals surface area contributed by atoms with Crippen LogP contribution in [0, 0.1) is 0 Å². The van der Waals surface area contributed by atoms with Crippen molar-refractivity contribution in [2.24, 2.45) is 5.16 Å². The molecule has 2 aromatic carbocycles. The van der Waals surface area contributed by atoms with Crippen molar-refractivity contribution in [3.05, 3.63) is 64.7 Å². The van der Waals surface area contributed by atoms with Crippen molar-refractivity contribution in [1.82, 2.24) is 5.32 Å². The largest absolute Gasteiger partial charge is 0.487 e. The van der Waals surface area contributed by atoms with Gasteiger partial charge in [0, 0.05) is 12.1 Å². The number of nitrogens with one attached hydrogen (secondary N) is 1. The lowest BCUT2D eigenvalue weighted by Crippen LogP contribution is -2.32. The first-order chi connectivity index (χ1) is 11.7. The zero-order chi connectivity index (χ0) is 17.4. The lowest BCUT2D eigenvalue weighted by atomic mass is 10.0. The molecule has 1 N–H and O–H groups in total. The van der Waals surface area contributed by atoms with Crippen molar-refractivity contribution < 1.29 is 14.4 Å². The normalized spacial score (nSPS) is 11.0. The third-order valence-corrected chi connectivity index (χ3v) is 3.54. The van der Waals surface area contributed by atoms with Crippen LogP contribution in [0.5, 0.6) is 5.75 Å². The Labute approximate surface area is 146 Å². The predicted octanol–water partition coefficient (Wildman–Crippen LogP) is 3.41. The molecule has 2 aromatic rings. The minimum absolute atomic E-state index is 0.206. The summed E-state index contributed by atoms with van der Waals surface area (Å²) in [5, 5.41) is 7.13. The van der Waals surface area contributed by atoms with Gasteiger partial charge in [0.2, 0.25) is 0 Å². The number of nitrogens with zero attached hydrogens (tertiary/aromatic N) is 1. The lowest BCUT2D eigenvalue weighted by Gasteiger charge is -2.13. The highest BCUT2D eigenvalue weighted by atomic mass is 35.5. The molecule has 0 aliphatic heterocycles. The van der Waals surface area contributed by atoms with E-state index in [0.717, 1.165) is 5.56 Å². The fraction of sp³-hybridized carbons (Fsp3) is 0.222. The predicted molar refractivity (Wildman–Crippen MR) is 94.5 cm³/mol. The molecule has 5 nitrogen and oxygen atoms in total. The Hall–Kier alpha value is -2.53. The van der Waals surface area contributed by atoms with Gasteiger partial charge in [0.25, 0.3) is 5.91 Å². The zero-order valence-corrected chi connectivity index (χ0v) is 14.3. The lowest BCUT2D eigenvalue weighted by molar-refractivity contribution is -0.114. The Morgan fingerprint density at radius 1 is 1.17 bits per heavy atom. The second kappa shape index (κ2) is 8.93. The van der Waals surface area contributed by atoms with E-state index in [1.807, 2.05) is 37.3 Å². The van der Waals surface area contributed by atoms with Crippen molar-refractivity contribution >= 4 is 23.2 Å². The van der Waals surface area contributed by atoms with Crippen LogP contribution in [0.1, 0.15) is 18.1 Å². The van der Waals surface area contributed by atoms with Gasteiger partial charge in [-0.25, -0.2) is 0 Å². The van der Waals surface area contributed by atoms with Gasteiger partial charge >= 0.3 is 0 Å². The molecule has 0 aliphatic rings. The molecule has 6 heteroatoms. The number of benzene rings is 2. The molecule has 0 fully saturated rings. The number of halogens is 1. The van der Waals surface area contributed by atoms with Crippen LogP contribution < -0.4 is 10.1 Å². The molecule has 24 heavy (non-hydrogen) atoms. The maximum atomic E-state index is 12.2. The second-order valence-electron chi connectivity index (χ2n) is 4.86. The van der Waals surface area contributed by atoms with Crippen LogP contribution in [0.2, 0.25) is 5.02 Å². The minimum Gasteiger partial charge on any atom is -0.487 e. The van der Waals surface area contributed by atoms with Crippen LogP contribution >= 0.6 is 11.6 Å². The Morgan fingerprint density at radius 3 is 2.58 bits per heavy atom. The number of carbonyl (C=O) groups excluding carboxylic acids is 1. The summed E-state index contributed by atoms with van der Waals surface area (Å²) in [6.45, 7) is 2.59. The van der Waals surface area contributed by atoms with Crippen LogP contribution in [0.25, 0.3) is 0 Å². The molecule has 0 saturated carbocycles. The molecule has 0 spiro atoms. The molecule has 0 unspecified atom stereocenters. The van der Waals surface area contributed by atoms with Crippen LogP contribution in [-0.4, -0.2) is 25.3 Å². The van der Waals surface area contributed by atoms with Crippen molar-refractivity contribution in [2.45, 2.75) is 13.5 Å². The number of likely N-dealkylation sites (N-methyl/N-ethyl adjacent to an activating group) is 1. The van der Waals surface area contributed by atoms with E-state index in [9.17, 15) is 4.79 Å². The highest BCUT2D eigenvalue weighted by molar-refractivity contribution is 6.45. The third-order valence-electron chi connectivity index (χ3n) is 3.23. The van der Waals surface area contributed by atoms with Gasteiger partial charge in [-0.05, 0) is 24.6 Å². The summed E-state index contributed by atoms with van der Waals surface area (Å²) in [6, 6.07) is 14.6. The highest BCUT2D eigenvalue weighted by Gasteiger charge is 2.18. The second-order valence-corrected chi connectivity index (χ2v) is 5.27. The first kappa shape index (κ1) is 17.8. The van der Waals surface area contributed by atoms with E-state index in [1.54, 1.807) is 18.2 Å². The van der Waals surface area contributed by atoms with E-state index < -0.39 is 0 Å². The average Bonchev–Trinajstić information content (AvgIpc) is 2.59. The van der Waals surface area contributed by atoms with Crippen molar-refractivity contribution in [1.29, 1.82) is 0 Å². The molecule has 0 aromatic heterocycles. The molecule has 0 heterocycles. The number of amides is 1. The summed E-state index contributed by atoms with van der Waals surface area (Å²) in [4.78, 5) is 17.1. The first-order valence-electron chi connectivity index (χ1n) is 7.52. The van der Waals surface area contributed by atoms with Gasteiger partial charge in [0.05, 0.1) is 5.02 Å². The molecule has 0 bridgehead atoms. The molecule has 0 radical (unpaired) electrons. The standard InChI is InChI=1S/C18H19ClN2O3/c1-3-20-18(22)17(21-23-2)14-9-5-4-8-13(14)12-24-16-11-7-6-10-15(16)19/h4-11H,3,12H2,1-2H3,(H,20,22)/b21-17-. The number of hydrogen-bond acceptors (Lipinski definition) is 4. The zero-order valence-electron chi connectivity index (χ0n) is 13.6. The summed E-state index contributed by atoms with van der Waals surface area (Å²) in [6.07, 6.45) is 0. The molecule has 0 saturated heterocycles. The van der Waals surface area contributed by atoms with Gasteiger partial charge in [-0.15, -0.1) is 0 Å². The van der Waals surface area contributed by atoms with Crippen LogP contribution in [-0.2, 0) is 16.2 Å². The fourth-order valence-corrected chi connectivity index (χ4v) is 2.33. The van der Waals surface area contributed by atoms with Crippen LogP contribution in [0.3, 0.4) is 0 Å². The maximum Gasteiger partial charge on any atom is 0.273 e. The monoisotopic (exact) mass is 346 g/mol. The van der Waals surface area contributed by atoms with E-state index >= 15 is 0 Å². The first-order valence-corrected chi connectivity index (χ1v) is 7.90. The topological polar surface area (TPSA) is 59.9 Å². The van der Waals surface area contributed by atoms with Gasteiger partial charge in [-0.3, -0.25) is 4.79 Å². The van der Waals surface area contributed by atoms with Gasteiger partial charge in [0.15, 0.2) is 5.71 Å². The van der Waals surface area contributed by atoms with Gasteiger partial charge in [-0.1, -0.05) is 53.2 Å². The van der Waals surface area contributed by atoms with E-state index in [1.165, 1.54) is 7.11 Å². The number of hydrogen-bond donors (Lipinski definition) is 1. The smallest absolute Gasteiger partial charge is 0.273 e. The molecule has 126 valence electrons. The van der Waals surface area contributed by atoms with Gasteiger partial charge < -0.3 is 14.9 Å². The molecule has 0 aliphatic carbocycles. The van der Waals surface area contributed by atoms with Gasteiger partial charge in [-0.2, -0.15) is 0 Å². The average molecular weight is 347 g/mol. The Kier molecular flexibility index (Phi) is 6.63. The third kappa shape index (κ3) is 4.49. The SMILES string of the molecule is CCNC(=O)/C(=N\OC)c1ccccc1COc1ccccc1Cl. The van der Waals surface area contributed by atoms with Crippen LogP contribution in [0.4, 0.5) is 0 Å². The van der Waals surface area contributed by atoms with E-state index in [0.29, 0.717) is 22.9 Å². The summed E-state index contributed by atoms with van der Waals surface area (Å²) < 4.78 is 5.77. The molecule has 0 atom stereocenters. The molecular weight excluding hydrogens is 328 g/mol. The summed E-state index contributed by atoms with van der Waals surface area (Å²) in [5.74, 6) is 0.279. The Bertz CT molecular complexity index is 732. The number of oxime groups is 1. The number of ether oxygens (including phenoxy) is 1. The fourth-order valence-electron chi connectivity index (χ4n) is 2.14. The van der Waals surface area contributed by atoms with E-state index in [4.69, 9.17) is 21.2 Å². The number of carbonyl (C=O) groups is 1. The van der Waals surface area contributed by atoms with Crippen molar-refractivity contribution in [2.75, 3.05) is 13.7 Å². The van der Waals surface area contributed by atoms with E-state index in [2.05, 4.69) is 10.5 Å². The highest BCUT2D eigenvalue weighted by Crippen LogP contribution is 2.24. The van der Waals surface area contributed by atoms with Crippen molar-refractivity contribution in [3.63, 3.8) is 0 Å². The van der Waals surface area contributed by atoms with E-state index in [-0.39, 0.29) is 18.2 Å². The quantitative estimate of drug-likeness (QED) is 0.617. The maximum absolute atomic E-state index is 12.2. The molecule has 1 amide bonds. The number of rotatable bonds is 7. The summed E-state index contributed by atoms with van der Waals surface area (Å²) >= 11 is 6.10. The summed E-state index contributed by atoms with van der Waals surface area (Å²) in [7, 11) is 1.40. The summed E-state index contributed by atoms with van der Waals surface area (Å²) in [5.41, 5.74) is 1.66.